The van der Waals surface area contributed by atoms with E-state index in [0.29, 0.717) is 12.6 Å². The first kappa shape index (κ1) is 13.2. The molecule has 0 unspecified atom stereocenters. The summed E-state index contributed by atoms with van der Waals surface area (Å²) in [4.78, 5) is 11.9. The first-order chi connectivity index (χ1) is 8.49. The minimum absolute atomic E-state index is 0.139. The van der Waals surface area contributed by atoms with Crippen molar-refractivity contribution in [3.8, 4) is 0 Å². The molecule has 1 aliphatic rings. The Morgan fingerprint density at radius 1 is 1.44 bits per heavy atom. The molecule has 0 aromatic heterocycles. The SMILES string of the molecule is C[C@@H]1CNC[C@H]1C(=O)Nc1c(F)cc(F)cc1Cl. The predicted molar refractivity (Wildman–Crippen MR) is 65.5 cm³/mol. The molecule has 0 spiro atoms. The van der Waals surface area contributed by atoms with Crippen LogP contribution >= 0.6 is 11.6 Å². The molecule has 18 heavy (non-hydrogen) atoms. The van der Waals surface area contributed by atoms with Crippen LogP contribution in [0.4, 0.5) is 14.5 Å². The summed E-state index contributed by atoms with van der Waals surface area (Å²) in [6.45, 7) is 3.23. The highest BCUT2D eigenvalue weighted by Crippen LogP contribution is 2.28. The second-order valence-corrected chi connectivity index (χ2v) is 4.88. The van der Waals surface area contributed by atoms with Crippen LogP contribution in [0.1, 0.15) is 6.92 Å². The van der Waals surface area contributed by atoms with Crippen LogP contribution in [0.25, 0.3) is 0 Å². The van der Waals surface area contributed by atoms with E-state index in [9.17, 15) is 13.6 Å². The Hall–Kier alpha value is -1.20. The van der Waals surface area contributed by atoms with Gasteiger partial charge in [-0.1, -0.05) is 18.5 Å². The van der Waals surface area contributed by atoms with E-state index in [-0.39, 0.29) is 28.5 Å². The number of rotatable bonds is 2. The van der Waals surface area contributed by atoms with Crippen molar-refractivity contribution in [3.63, 3.8) is 0 Å². The molecule has 2 atom stereocenters. The van der Waals surface area contributed by atoms with Gasteiger partial charge in [-0.3, -0.25) is 4.79 Å². The van der Waals surface area contributed by atoms with Gasteiger partial charge in [0.05, 0.1) is 16.6 Å². The van der Waals surface area contributed by atoms with Crippen molar-refractivity contribution in [2.24, 2.45) is 11.8 Å². The van der Waals surface area contributed by atoms with Crippen molar-refractivity contribution in [2.45, 2.75) is 6.92 Å². The quantitative estimate of drug-likeness (QED) is 0.870. The van der Waals surface area contributed by atoms with Crippen LogP contribution in [-0.2, 0) is 4.79 Å². The minimum Gasteiger partial charge on any atom is -0.322 e. The Morgan fingerprint density at radius 2 is 2.17 bits per heavy atom. The molecule has 0 saturated carbocycles. The number of carbonyl (C=O) groups excluding carboxylic acids is 1. The van der Waals surface area contributed by atoms with Crippen LogP contribution in [0.3, 0.4) is 0 Å². The second kappa shape index (κ2) is 5.20. The van der Waals surface area contributed by atoms with Crippen molar-refractivity contribution in [1.29, 1.82) is 0 Å². The van der Waals surface area contributed by atoms with Gasteiger partial charge in [0.1, 0.15) is 5.82 Å². The zero-order valence-corrected chi connectivity index (χ0v) is 10.5. The van der Waals surface area contributed by atoms with Crippen molar-refractivity contribution in [1.82, 2.24) is 5.32 Å². The summed E-state index contributed by atoms with van der Waals surface area (Å²) >= 11 is 5.71. The Balaban J connectivity index is 2.17. The summed E-state index contributed by atoms with van der Waals surface area (Å²) in [6.07, 6.45) is 0. The van der Waals surface area contributed by atoms with E-state index in [1.165, 1.54) is 0 Å². The van der Waals surface area contributed by atoms with Gasteiger partial charge in [0.15, 0.2) is 5.82 Å². The molecule has 1 aromatic rings. The molecular formula is C12H13ClF2N2O. The van der Waals surface area contributed by atoms with Crippen molar-refractivity contribution >= 4 is 23.2 Å². The molecular weight excluding hydrogens is 262 g/mol. The molecule has 0 radical (unpaired) electrons. The Morgan fingerprint density at radius 3 is 2.72 bits per heavy atom. The van der Waals surface area contributed by atoms with Gasteiger partial charge in [0.25, 0.3) is 0 Å². The highest BCUT2D eigenvalue weighted by molar-refractivity contribution is 6.33. The second-order valence-electron chi connectivity index (χ2n) is 4.48. The summed E-state index contributed by atoms with van der Waals surface area (Å²) < 4.78 is 26.4. The number of hydrogen-bond donors (Lipinski definition) is 2. The van der Waals surface area contributed by atoms with E-state index in [1.54, 1.807) is 0 Å². The minimum atomic E-state index is -0.869. The average molecular weight is 275 g/mol. The number of anilines is 1. The van der Waals surface area contributed by atoms with Crippen LogP contribution in [-0.4, -0.2) is 19.0 Å². The third-order valence-electron chi connectivity index (χ3n) is 3.11. The van der Waals surface area contributed by atoms with E-state index >= 15 is 0 Å². The molecule has 1 aliphatic heterocycles. The fourth-order valence-electron chi connectivity index (χ4n) is 2.04. The normalized spacial score (nSPS) is 23.1. The lowest BCUT2D eigenvalue weighted by atomic mass is 9.97. The lowest BCUT2D eigenvalue weighted by molar-refractivity contribution is -0.120. The first-order valence-electron chi connectivity index (χ1n) is 5.65. The van der Waals surface area contributed by atoms with Gasteiger partial charge in [-0.2, -0.15) is 0 Å². The smallest absolute Gasteiger partial charge is 0.229 e. The monoisotopic (exact) mass is 274 g/mol. The van der Waals surface area contributed by atoms with E-state index in [2.05, 4.69) is 10.6 Å². The molecule has 98 valence electrons. The van der Waals surface area contributed by atoms with Crippen LogP contribution in [0.5, 0.6) is 0 Å². The van der Waals surface area contributed by atoms with Gasteiger partial charge >= 0.3 is 0 Å². The van der Waals surface area contributed by atoms with Gasteiger partial charge in [-0.05, 0) is 18.5 Å². The average Bonchev–Trinajstić information content (AvgIpc) is 2.69. The van der Waals surface area contributed by atoms with Crippen LogP contribution < -0.4 is 10.6 Å². The van der Waals surface area contributed by atoms with Crippen molar-refractivity contribution in [2.75, 3.05) is 18.4 Å². The lowest BCUT2D eigenvalue weighted by Crippen LogP contribution is -2.28. The van der Waals surface area contributed by atoms with Gasteiger partial charge < -0.3 is 10.6 Å². The third kappa shape index (κ3) is 2.62. The van der Waals surface area contributed by atoms with E-state index < -0.39 is 11.6 Å². The molecule has 1 saturated heterocycles. The molecule has 6 heteroatoms. The molecule has 1 heterocycles. The van der Waals surface area contributed by atoms with Crippen LogP contribution in [0.15, 0.2) is 12.1 Å². The Labute approximate surface area is 109 Å². The molecule has 1 fully saturated rings. The molecule has 1 amide bonds. The molecule has 2 rings (SSSR count). The number of halogens is 3. The fraction of sp³-hybridized carbons (Fsp3) is 0.417. The van der Waals surface area contributed by atoms with Crippen LogP contribution in [0.2, 0.25) is 5.02 Å². The highest BCUT2D eigenvalue weighted by atomic mass is 35.5. The predicted octanol–water partition coefficient (Wildman–Crippen LogP) is 2.41. The standard InChI is InChI=1S/C12H13ClF2N2O/c1-6-4-16-5-8(6)12(18)17-11-9(13)2-7(14)3-10(11)15/h2-3,6,8,16H,4-5H2,1H3,(H,17,18)/t6-,8-/m1/s1. The fourth-order valence-corrected chi connectivity index (χ4v) is 2.28. The van der Waals surface area contributed by atoms with Crippen LogP contribution in [0, 0.1) is 23.5 Å². The summed E-state index contributed by atoms with van der Waals surface area (Å²) in [5.74, 6) is -2.00. The Bertz CT molecular complexity index is 458. The molecule has 0 aliphatic carbocycles. The van der Waals surface area contributed by atoms with E-state index in [4.69, 9.17) is 11.6 Å². The summed E-state index contributed by atoms with van der Waals surface area (Å²) in [5, 5.41) is 5.37. The summed E-state index contributed by atoms with van der Waals surface area (Å²) in [5.41, 5.74) is -0.165. The van der Waals surface area contributed by atoms with Crippen molar-refractivity contribution < 1.29 is 13.6 Å². The molecule has 1 aromatic carbocycles. The van der Waals surface area contributed by atoms with Gasteiger partial charge in [-0.15, -0.1) is 0 Å². The maximum Gasteiger partial charge on any atom is 0.229 e. The first-order valence-corrected chi connectivity index (χ1v) is 6.03. The number of hydrogen-bond acceptors (Lipinski definition) is 2. The third-order valence-corrected chi connectivity index (χ3v) is 3.41. The van der Waals surface area contributed by atoms with E-state index in [1.807, 2.05) is 6.92 Å². The number of benzene rings is 1. The topological polar surface area (TPSA) is 41.1 Å². The molecule has 0 bridgehead atoms. The maximum absolute atomic E-state index is 13.5. The van der Waals surface area contributed by atoms with E-state index in [0.717, 1.165) is 12.6 Å². The Kier molecular flexibility index (Phi) is 3.82. The number of nitrogens with one attached hydrogen (secondary N) is 2. The van der Waals surface area contributed by atoms with Gasteiger partial charge in [0, 0.05) is 12.6 Å². The summed E-state index contributed by atoms with van der Waals surface area (Å²) in [6, 6.07) is 1.66. The molecule has 3 nitrogen and oxygen atoms in total. The number of amides is 1. The molecule has 2 N–H and O–H groups in total. The zero-order chi connectivity index (χ0) is 13.3. The maximum atomic E-state index is 13.5. The number of carbonyl (C=O) groups is 1. The highest BCUT2D eigenvalue weighted by Gasteiger charge is 2.30. The van der Waals surface area contributed by atoms with Crippen molar-refractivity contribution in [3.05, 3.63) is 28.8 Å². The largest absolute Gasteiger partial charge is 0.322 e. The zero-order valence-electron chi connectivity index (χ0n) is 9.77. The van der Waals surface area contributed by atoms with Gasteiger partial charge in [0.2, 0.25) is 5.91 Å². The summed E-state index contributed by atoms with van der Waals surface area (Å²) in [7, 11) is 0. The lowest BCUT2D eigenvalue weighted by Gasteiger charge is -2.15. The van der Waals surface area contributed by atoms with Gasteiger partial charge in [-0.25, -0.2) is 8.78 Å².